The summed E-state index contributed by atoms with van der Waals surface area (Å²) in [6, 6.07) is 3.39. The maximum atomic E-state index is 13.1. The molecule has 0 heterocycles. The van der Waals surface area contributed by atoms with E-state index in [9.17, 15) is 13.9 Å². The van der Waals surface area contributed by atoms with Crippen LogP contribution in [0.2, 0.25) is 0 Å². The van der Waals surface area contributed by atoms with Crippen molar-refractivity contribution in [1.29, 1.82) is 0 Å². The second kappa shape index (κ2) is 8.29. The zero-order valence-corrected chi connectivity index (χ0v) is 12.0. The molecule has 20 heavy (non-hydrogen) atoms. The van der Waals surface area contributed by atoms with Gasteiger partial charge < -0.3 is 15.1 Å². The SMILES string of the molecule is CC(C)N(CCCO)CCC(O)c1cc(F)cc(F)c1. The molecule has 0 saturated heterocycles. The lowest BCUT2D eigenvalue weighted by Crippen LogP contribution is -2.34. The van der Waals surface area contributed by atoms with Gasteiger partial charge >= 0.3 is 0 Å². The third kappa shape index (κ3) is 5.53. The van der Waals surface area contributed by atoms with Crippen molar-refractivity contribution in [3.8, 4) is 0 Å². The average molecular weight is 287 g/mol. The van der Waals surface area contributed by atoms with Crippen LogP contribution in [0.3, 0.4) is 0 Å². The van der Waals surface area contributed by atoms with E-state index in [1.807, 2.05) is 13.8 Å². The molecule has 0 saturated carbocycles. The van der Waals surface area contributed by atoms with Gasteiger partial charge in [0.2, 0.25) is 0 Å². The molecule has 1 unspecified atom stereocenters. The van der Waals surface area contributed by atoms with Crippen LogP contribution in [0.1, 0.15) is 38.4 Å². The first-order chi connectivity index (χ1) is 9.43. The molecule has 0 radical (unpaired) electrons. The fourth-order valence-electron chi connectivity index (χ4n) is 2.12. The third-order valence-electron chi connectivity index (χ3n) is 3.29. The second-order valence-electron chi connectivity index (χ2n) is 5.21. The van der Waals surface area contributed by atoms with Crippen LogP contribution in [-0.4, -0.2) is 40.9 Å². The van der Waals surface area contributed by atoms with Crippen LogP contribution >= 0.6 is 0 Å². The summed E-state index contributed by atoms with van der Waals surface area (Å²) >= 11 is 0. The molecular formula is C15H23F2NO2. The van der Waals surface area contributed by atoms with Crippen molar-refractivity contribution in [1.82, 2.24) is 4.90 Å². The van der Waals surface area contributed by atoms with E-state index in [1.54, 1.807) is 0 Å². The Bertz CT molecular complexity index is 393. The van der Waals surface area contributed by atoms with Gasteiger partial charge in [0.05, 0.1) is 6.10 Å². The largest absolute Gasteiger partial charge is 0.396 e. The average Bonchev–Trinajstić information content (AvgIpc) is 2.36. The quantitative estimate of drug-likeness (QED) is 0.772. The molecule has 1 aromatic rings. The number of aliphatic hydroxyl groups is 2. The Balaban J connectivity index is 2.58. The maximum absolute atomic E-state index is 13.1. The molecule has 0 aliphatic carbocycles. The van der Waals surface area contributed by atoms with Crippen LogP contribution in [0, 0.1) is 11.6 Å². The summed E-state index contributed by atoms with van der Waals surface area (Å²) in [7, 11) is 0. The molecule has 1 aromatic carbocycles. The standard InChI is InChI=1S/C15H23F2NO2/c1-11(2)18(5-3-7-19)6-4-15(20)12-8-13(16)10-14(17)9-12/h8-11,15,19-20H,3-7H2,1-2H3. The number of halogens is 2. The highest BCUT2D eigenvalue weighted by Crippen LogP contribution is 2.20. The normalized spacial score (nSPS) is 13.2. The van der Waals surface area contributed by atoms with Crippen molar-refractivity contribution in [2.24, 2.45) is 0 Å². The predicted octanol–water partition coefficient (Wildman–Crippen LogP) is 2.48. The Kier molecular flexibility index (Phi) is 7.05. The van der Waals surface area contributed by atoms with E-state index >= 15 is 0 Å². The van der Waals surface area contributed by atoms with Crippen molar-refractivity contribution in [3.05, 3.63) is 35.4 Å². The fourth-order valence-corrected chi connectivity index (χ4v) is 2.12. The summed E-state index contributed by atoms with van der Waals surface area (Å²) < 4.78 is 26.2. The van der Waals surface area contributed by atoms with Crippen LogP contribution in [0.15, 0.2) is 18.2 Å². The van der Waals surface area contributed by atoms with E-state index in [0.717, 1.165) is 24.7 Å². The summed E-state index contributed by atoms with van der Waals surface area (Å²) in [5.74, 6) is -1.36. The highest BCUT2D eigenvalue weighted by molar-refractivity contribution is 5.20. The molecule has 114 valence electrons. The minimum atomic E-state index is -0.893. The van der Waals surface area contributed by atoms with Crippen molar-refractivity contribution >= 4 is 0 Å². The Hall–Kier alpha value is -1.04. The van der Waals surface area contributed by atoms with Crippen LogP contribution in [0.5, 0.6) is 0 Å². The van der Waals surface area contributed by atoms with Gasteiger partial charge in [-0.05, 0) is 44.4 Å². The Morgan fingerprint density at radius 3 is 2.20 bits per heavy atom. The first-order valence-corrected chi connectivity index (χ1v) is 6.93. The fraction of sp³-hybridized carbons (Fsp3) is 0.600. The lowest BCUT2D eigenvalue weighted by molar-refractivity contribution is 0.125. The number of benzene rings is 1. The highest BCUT2D eigenvalue weighted by atomic mass is 19.1. The van der Waals surface area contributed by atoms with E-state index in [1.165, 1.54) is 0 Å². The van der Waals surface area contributed by atoms with Gasteiger partial charge in [-0.2, -0.15) is 0 Å². The maximum Gasteiger partial charge on any atom is 0.126 e. The van der Waals surface area contributed by atoms with E-state index < -0.39 is 17.7 Å². The summed E-state index contributed by atoms with van der Waals surface area (Å²) in [5, 5.41) is 18.9. The number of hydrogen-bond acceptors (Lipinski definition) is 3. The first kappa shape index (κ1) is 17.0. The van der Waals surface area contributed by atoms with Gasteiger partial charge in [0.25, 0.3) is 0 Å². The number of aliphatic hydroxyl groups excluding tert-OH is 2. The summed E-state index contributed by atoms with van der Waals surface area (Å²) in [6.45, 7) is 5.54. The third-order valence-corrected chi connectivity index (χ3v) is 3.29. The molecule has 0 aliphatic rings. The van der Waals surface area contributed by atoms with Crippen molar-refractivity contribution in [2.75, 3.05) is 19.7 Å². The topological polar surface area (TPSA) is 43.7 Å². The van der Waals surface area contributed by atoms with E-state index in [0.29, 0.717) is 19.4 Å². The minimum absolute atomic E-state index is 0.126. The van der Waals surface area contributed by atoms with Gasteiger partial charge in [-0.3, -0.25) is 0 Å². The van der Waals surface area contributed by atoms with E-state index in [4.69, 9.17) is 5.11 Å². The molecule has 1 rings (SSSR count). The molecule has 0 fully saturated rings. The monoisotopic (exact) mass is 287 g/mol. The van der Waals surface area contributed by atoms with Gasteiger partial charge in [-0.25, -0.2) is 8.78 Å². The minimum Gasteiger partial charge on any atom is -0.396 e. The van der Waals surface area contributed by atoms with Crippen LogP contribution < -0.4 is 0 Å². The van der Waals surface area contributed by atoms with Crippen LogP contribution in [0.25, 0.3) is 0 Å². The second-order valence-corrected chi connectivity index (χ2v) is 5.21. The summed E-state index contributed by atoms with van der Waals surface area (Å²) in [5.41, 5.74) is 0.258. The molecule has 0 spiro atoms. The number of rotatable bonds is 8. The van der Waals surface area contributed by atoms with Crippen LogP contribution in [0.4, 0.5) is 8.78 Å². The Labute approximate surface area is 118 Å². The predicted molar refractivity (Wildman–Crippen MR) is 74.3 cm³/mol. The summed E-state index contributed by atoms with van der Waals surface area (Å²) in [4.78, 5) is 2.12. The highest BCUT2D eigenvalue weighted by Gasteiger charge is 2.14. The lowest BCUT2D eigenvalue weighted by atomic mass is 10.1. The number of hydrogen-bond donors (Lipinski definition) is 2. The van der Waals surface area contributed by atoms with Crippen molar-refractivity contribution in [3.63, 3.8) is 0 Å². The van der Waals surface area contributed by atoms with E-state index in [2.05, 4.69) is 4.90 Å². The smallest absolute Gasteiger partial charge is 0.126 e. The zero-order valence-electron chi connectivity index (χ0n) is 12.0. The molecular weight excluding hydrogens is 264 g/mol. The molecule has 0 aromatic heterocycles. The van der Waals surface area contributed by atoms with Gasteiger partial charge in [0.15, 0.2) is 0 Å². The van der Waals surface area contributed by atoms with Gasteiger partial charge in [-0.15, -0.1) is 0 Å². The van der Waals surface area contributed by atoms with Crippen molar-refractivity contribution < 1.29 is 19.0 Å². The van der Waals surface area contributed by atoms with Crippen molar-refractivity contribution in [2.45, 2.75) is 38.8 Å². The zero-order chi connectivity index (χ0) is 15.1. The molecule has 5 heteroatoms. The lowest BCUT2D eigenvalue weighted by Gasteiger charge is -2.27. The Morgan fingerprint density at radius 2 is 1.70 bits per heavy atom. The van der Waals surface area contributed by atoms with Gasteiger partial charge in [-0.1, -0.05) is 0 Å². The van der Waals surface area contributed by atoms with Crippen LogP contribution in [-0.2, 0) is 0 Å². The molecule has 1 atom stereocenters. The molecule has 3 nitrogen and oxygen atoms in total. The molecule has 0 bridgehead atoms. The molecule has 0 amide bonds. The van der Waals surface area contributed by atoms with Gasteiger partial charge in [0, 0.05) is 31.8 Å². The molecule has 2 N–H and O–H groups in total. The summed E-state index contributed by atoms with van der Waals surface area (Å²) in [6.07, 6.45) is 0.172. The van der Waals surface area contributed by atoms with E-state index in [-0.39, 0.29) is 18.2 Å². The first-order valence-electron chi connectivity index (χ1n) is 6.93. The van der Waals surface area contributed by atoms with Gasteiger partial charge in [0.1, 0.15) is 11.6 Å². The molecule has 0 aliphatic heterocycles. The Morgan fingerprint density at radius 1 is 1.10 bits per heavy atom. The number of nitrogens with zero attached hydrogens (tertiary/aromatic N) is 1.